The summed E-state index contributed by atoms with van der Waals surface area (Å²) in [5.74, 6) is -0.0103. The minimum atomic E-state index is -0.702. The minimum Gasteiger partial charge on any atom is -0.481 e. The lowest BCUT2D eigenvalue weighted by atomic mass is 9.87. The third-order valence-electron chi connectivity index (χ3n) is 6.12. The van der Waals surface area contributed by atoms with Gasteiger partial charge in [0.2, 0.25) is 5.91 Å². The second kappa shape index (κ2) is 10.5. The van der Waals surface area contributed by atoms with Gasteiger partial charge in [-0.3, -0.25) is 9.59 Å². The predicted octanol–water partition coefficient (Wildman–Crippen LogP) is 4.79. The predicted molar refractivity (Wildman–Crippen MR) is 129 cm³/mol. The van der Waals surface area contributed by atoms with E-state index in [1.807, 2.05) is 61.5 Å². The SMILES string of the molecule is CCC(=O)N1CCc2ccc(O[C@@H](C)C(=O)NCc3ccccc3)cc2[C@@H]1c1cccc(F)c1. The Balaban J connectivity index is 1.56. The number of hydrogen-bond donors (Lipinski definition) is 1. The zero-order chi connectivity index (χ0) is 24.1. The highest BCUT2D eigenvalue weighted by Gasteiger charge is 2.32. The van der Waals surface area contributed by atoms with E-state index in [0.717, 1.165) is 16.7 Å². The molecule has 0 spiro atoms. The zero-order valence-corrected chi connectivity index (χ0v) is 19.5. The van der Waals surface area contributed by atoms with Crippen LogP contribution in [0.1, 0.15) is 48.6 Å². The molecule has 176 valence electrons. The van der Waals surface area contributed by atoms with E-state index in [2.05, 4.69) is 5.32 Å². The molecule has 1 N–H and O–H groups in total. The van der Waals surface area contributed by atoms with Gasteiger partial charge < -0.3 is 15.0 Å². The van der Waals surface area contributed by atoms with Gasteiger partial charge in [0.25, 0.3) is 5.91 Å². The number of amides is 2. The van der Waals surface area contributed by atoms with Gasteiger partial charge in [-0.05, 0) is 59.9 Å². The van der Waals surface area contributed by atoms with Crippen molar-refractivity contribution in [1.82, 2.24) is 10.2 Å². The maximum absolute atomic E-state index is 14.1. The first kappa shape index (κ1) is 23.5. The van der Waals surface area contributed by atoms with Crippen LogP contribution in [0.3, 0.4) is 0 Å². The molecule has 2 atom stereocenters. The molecule has 3 aromatic rings. The molecule has 4 rings (SSSR count). The van der Waals surface area contributed by atoms with E-state index < -0.39 is 12.1 Å². The van der Waals surface area contributed by atoms with Crippen LogP contribution in [0.4, 0.5) is 4.39 Å². The van der Waals surface area contributed by atoms with E-state index >= 15 is 0 Å². The van der Waals surface area contributed by atoms with Gasteiger partial charge in [0.05, 0.1) is 6.04 Å². The van der Waals surface area contributed by atoms with Crippen LogP contribution < -0.4 is 10.1 Å². The van der Waals surface area contributed by atoms with Gasteiger partial charge in [0.1, 0.15) is 11.6 Å². The lowest BCUT2D eigenvalue weighted by molar-refractivity contribution is -0.133. The third-order valence-corrected chi connectivity index (χ3v) is 6.12. The minimum absolute atomic E-state index is 0.0138. The fraction of sp³-hybridized carbons (Fsp3) is 0.286. The summed E-state index contributed by atoms with van der Waals surface area (Å²) in [6.45, 7) is 4.53. The Morgan fingerprint density at radius 2 is 1.88 bits per heavy atom. The summed E-state index contributed by atoms with van der Waals surface area (Å²) in [5.41, 5.74) is 3.71. The Morgan fingerprint density at radius 1 is 1.09 bits per heavy atom. The number of halogens is 1. The third kappa shape index (κ3) is 5.28. The number of rotatable bonds is 7. The van der Waals surface area contributed by atoms with Crippen molar-refractivity contribution in [2.45, 2.75) is 45.4 Å². The topological polar surface area (TPSA) is 58.6 Å². The van der Waals surface area contributed by atoms with Crippen LogP contribution in [0, 0.1) is 5.82 Å². The van der Waals surface area contributed by atoms with Crippen LogP contribution >= 0.6 is 0 Å². The van der Waals surface area contributed by atoms with Crippen molar-refractivity contribution in [3.63, 3.8) is 0 Å². The van der Waals surface area contributed by atoms with Gasteiger partial charge in [-0.15, -0.1) is 0 Å². The van der Waals surface area contributed by atoms with Crippen molar-refractivity contribution < 1.29 is 18.7 Å². The quantitative estimate of drug-likeness (QED) is 0.551. The standard InChI is InChI=1S/C28H29FN2O3/c1-3-26(32)31-15-14-21-12-13-24(17-25(21)27(31)22-10-7-11-23(29)16-22)34-19(2)28(33)30-18-20-8-5-4-6-9-20/h4-13,16-17,19,27H,3,14-15,18H2,1-2H3,(H,30,33)/t19-,27-/m0/s1. The molecule has 6 heteroatoms. The van der Waals surface area contributed by atoms with Crippen molar-refractivity contribution in [2.75, 3.05) is 6.54 Å². The van der Waals surface area contributed by atoms with Gasteiger partial charge in [0, 0.05) is 19.5 Å². The molecule has 34 heavy (non-hydrogen) atoms. The average molecular weight is 461 g/mol. The number of carbonyl (C=O) groups is 2. The largest absolute Gasteiger partial charge is 0.481 e. The number of carbonyl (C=O) groups excluding carboxylic acids is 2. The molecule has 5 nitrogen and oxygen atoms in total. The second-order valence-corrected chi connectivity index (χ2v) is 8.47. The van der Waals surface area contributed by atoms with Gasteiger partial charge >= 0.3 is 0 Å². The Morgan fingerprint density at radius 3 is 2.62 bits per heavy atom. The van der Waals surface area contributed by atoms with Crippen molar-refractivity contribution in [3.8, 4) is 5.75 Å². The molecule has 0 saturated heterocycles. The molecule has 0 fully saturated rings. The average Bonchev–Trinajstić information content (AvgIpc) is 2.86. The molecule has 0 unspecified atom stereocenters. The molecule has 0 saturated carbocycles. The first-order chi connectivity index (χ1) is 16.5. The first-order valence-electron chi connectivity index (χ1n) is 11.6. The fourth-order valence-corrected chi connectivity index (χ4v) is 4.36. The molecule has 2 amide bonds. The second-order valence-electron chi connectivity index (χ2n) is 8.47. The highest BCUT2D eigenvalue weighted by atomic mass is 19.1. The molecule has 1 heterocycles. The molecular formula is C28H29FN2O3. The van der Waals surface area contributed by atoms with Gasteiger partial charge in [-0.1, -0.05) is 55.5 Å². The number of nitrogens with zero attached hydrogens (tertiary/aromatic N) is 1. The Labute approximate surface area is 199 Å². The van der Waals surface area contributed by atoms with E-state index in [0.29, 0.717) is 37.2 Å². The lowest BCUT2D eigenvalue weighted by Gasteiger charge is -2.38. The molecule has 0 bridgehead atoms. The first-order valence-corrected chi connectivity index (χ1v) is 11.6. The van der Waals surface area contributed by atoms with E-state index in [-0.39, 0.29) is 17.6 Å². The highest BCUT2D eigenvalue weighted by molar-refractivity contribution is 5.80. The van der Waals surface area contributed by atoms with Crippen molar-refractivity contribution in [3.05, 3.63) is 101 Å². The number of hydrogen-bond acceptors (Lipinski definition) is 3. The molecule has 0 radical (unpaired) electrons. The zero-order valence-electron chi connectivity index (χ0n) is 19.5. The number of nitrogens with one attached hydrogen (secondary N) is 1. The smallest absolute Gasteiger partial charge is 0.261 e. The van der Waals surface area contributed by atoms with Gasteiger partial charge in [-0.25, -0.2) is 4.39 Å². The molecule has 1 aliphatic rings. The Bertz CT molecular complexity index is 1170. The summed E-state index contributed by atoms with van der Waals surface area (Å²) in [7, 11) is 0. The number of fused-ring (bicyclic) bond motifs is 1. The lowest BCUT2D eigenvalue weighted by Crippen LogP contribution is -2.40. The summed E-state index contributed by atoms with van der Waals surface area (Å²) >= 11 is 0. The molecule has 1 aliphatic heterocycles. The van der Waals surface area contributed by atoms with Gasteiger partial charge in [0.15, 0.2) is 6.10 Å². The maximum atomic E-state index is 14.1. The number of ether oxygens (including phenoxy) is 1. The normalized spacial score (nSPS) is 15.9. The summed E-state index contributed by atoms with van der Waals surface area (Å²) in [5, 5.41) is 2.89. The highest BCUT2D eigenvalue weighted by Crippen LogP contribution is 2.37. The Hall–Kier alpha value is -3.67. The maximum Gasteiger partial charge on any atom is 0.261 e. The number of benzene rings is 3. The Kier molecular flexibility index (Phi) is 7.26. The summed E-state index contributed by atoms with van der Waals surface area (Å²) in [6, 6.07) is 21.3. The van der Waals surface area contributed by atoms with Crippen molar-refractivity contribution >= 4 is 11.8 Å². The molecule has 0 aliphatic carbocycles. The van der Waals surface area contributed by atoms with Crippen LogP contribution in [0.25, 0.3) is 0 Å². The summed E-state index contributed by atoms with van der Waals surface area (Å²) in [6.07, 6.45) is 0.377. The monoisotopic (exact) mass is 460 g/mol. The van der Waals surface area contributed by atoms with Crippen LogP contribution in [0.5, 0.6) is 5.75 Å². The van der Waals surface area contributed by atoms with Gasteiger partial charge in [-0.2, -0.15) is 0 Å². The van der Waals surface area contributed by atoms with Crippen molar-refractivity contribution in [2.24, 2.45) is 0 Å². The van der Waals surface area contributed by atoms with Crippen LogP contribution in [-0.2, 0) is 22.6 Å². The van der Waals surface area contributed by atoms with Crippen LogP contribution in [-0.4, -0.2) is 29.4 Å². The van der Waals surface area contributed by atoms with E-state index in [4.69, 9.17) is 4.74 Å². The van der Waals surface area contributed by atoms with E-state index in [1.54, 1.807) is 17.9 Å². The fourth-order valence-electron chi connectivity index (χ4n) is 4.36. The summed E-state index contributed by atoms with van der Waals surface area (Å²) < 4.78 is 20.0. The molecular weight excluding hydrogens is 431 g/mol. The van der Waals surface area contributed by atoms with E-state index in [9.17, 15) is 14.0 Å². The van der Waals surface area contributed by atoms with E-state index in [1.165, 1.54) is 12.1 Å². The molecule has 0 aromatic heterocycles. The van der Waals surface area contributed by atoms with Crippen LogP contribution in [0.15, 0.2) is 72.8 Å². The van der Waals surface area contributed by atoms with Crippen molar-refractivity contribution in [1.29, 1.82) is 0 Å². The van der Waals surface area contributed by atoms with Crippen LogP contribution in [0.2, 0.25) is 0 Å². The summed E-state index contributed by atoms with van der Waals surface area (Å²) in [4.78, 5) is 27.1. The molecule has 3 aromatic carbocycles.